The molecule has 3 atom stereocenters. The van der Waals surface area contributed by atoms with Crippen molar-refractivity contribution in [1.82, 2.24) is 0 Å². The molecule has 3 unspecified atom stereocenters. The summed E-state index contributed by atoms with van der Waals surface area (Å²) in [5.41, 5.74) is -1.04. The third kappa shape index (κ3) is 4.86. The number of anilines is 3. The van der Waals surface area contributed by atoms with E-state index in [4.69, 9.17) is 5.73 Å². The number of amides is 3. The standard InChI is InChI=1S/C29H27F3N4O9/c1-36(2)17-9-16(35-27(44)34-15-4-3-12(37)8-14(15)29(30,31)32)22(39)20-13(17)6-10-5-11-7-18(38)21(26(33)43)25(42)28(11,45)24(41)19(10)23(20)40/h3-4,8-11,37,39-40,42,45H,5-7H2,1-2H3,(H2,33,43)(H2,34,35,44). The monoisotopic (exact) mass is 632 g/mol. The van der Waals surface area contributed by atoms with Crippen LogP contribution in [0.5, 0.6) is 11.5 Å². The zero-order valence-corrected chi connectivity index (χ0v) is 23.6. The molecule has 0 aliphatic heterocycles. The number of benzene rings is 2. The fourth-order valence-corrected chi connectivity index (χ4v) is 6.32. The lowest BCUT2D eigenvalue weighted by Gasteiger charge is -2.46. The van der Waals surface area contributed by atoms with Crippen LogP contribution in [0.1, 0.15) is 29.5 Å². The number of carbonyl (C=O) groups is 4. The van der Waals surface area contributed by atoms with Gasteiger partial charge in [0, 0.05) is 37.7 Å². The van der Waals surface area contributed by atoms with Gasteiger partial charge in [-0.15, -0.1) is 0 Å². The molecule has 3 amide bonds. The van der Waals surface area contributed by atoms with Crippen LogP contribution in [0.2, 0.25) is 0 Å². The molecule has 2 aromatic rings. The molecule has 0 bridgehead atoms. The Balaban J connectivity index is 1.58. The van der Waals surface area contributed by atoms with Gasteiger partial charge in [-0.2, -0.15) is 13.2 Å². The molecule has 0 spiro atoms. The molecule has 3 aliphatic rings. The molecule has 9 N–H and O–H groups in total. The van der Waals surface area contributed by atoms with E-state index in [2.05, 4.69) is 5.32 Å². The minimum absolute atomic E-state index is 0.00953. The molecular weight excluding hydrogens is 605 g/mol. The summed E-state index contributed by atoms with van der Waals surface area (Å²) in [5, 5.41) is 58.5. The van der Waals surface area contributed by atoms with Gasteiger partial charge in [-0.25, -0.2) is 4.79 Å². The van der Waals surface area contributed by atoms with Crippen LogP contribution in [0, 0.1) is 11.8 Å². The van der Waals surface area contributed by atoms with Gasteiger partial charge in [0.05, 0.1) is 22.5 Å². The average Bonchev–Trinajstić information content (AvgIpc) is 2.92. The summed E-state index contributed by atoms with van der Waals surface area (Å²) < 4.78 is 40.4. The van der Waals surface area contributed by atoms with Gasteiger partial charge in [0.15, 0.2) is 17.1 Å². The third-order valence-electron chi connectivity index (χ3n) is 8.33. The van der Waals surface area contributed by atoms with E-state index < -0.39 is 99.0 Å². The Labute approximate surface area is 252 Å². The number of aromatic hydroxyl groups is 2. The first kappa shape index (κ1) is 31.2. The SMILES string of the molecule is CN(C)c1cc(NC(=O)Nc2ccc(O)cc2C(F)(F)F)c(O)c2c1CC1CC3CC(=O)C(C(N)=O)=C(O)C3(O)C(=O)C1=C2O. The number of Topliss-reactive ketones (excluding diaryl/α,β-unsaturated/α-hetero) is 2. The maximum atomic E-state index is 13.7. The summed E-state index contributed by atoms with van der Waals surface area (Å²) in [4.78, 5) is 52.5. The van der Waals surface area contributed by atoms with E-state index in [1.54, 1.807) is 19.0 Å². The van der Waals surface area contributed by atoms with Crippen molar-refractivity contribution in [3.63, 3.8) is 0 Å². The van der Waals surface area contributed by atoms with Crippen LogP contribution in [0.15, 0.2) is 41.2 Å². The van der Waals surface area contributed by atoms with E-state index in [0.29, 0.717) is 17.3 Å². The van der Waals surface area contributed by atoms with Crippen LogP contribution in [0.3, 0.4) is 0 Å². The number of halogens is 3. The van der Waals surface area contributed by atoms with Crippen molar-refractivity contribution in [2.45, 2.75) is 31.0 Å². The first-order valence-corrected chi connectivity index (χ1v) is 13.4. The van der Waals surface area contributed by atoms with E-state index in [-0.39, 0.29) is 24.1 Å². The number of nitrogens with one attached hydrogen (secondary N) is 2. The second-order valence-corrected chi connectivity index (χ2v) is 11.3. The number of hydrogen-bond donors (Lipinski definition) is 8. The highest BCUT2D eigenvalue weighted by atomic mass is 19.4. The molecule has 16 heteroatoms. The lowest BCUT2D eigenvalue weighted by molar-refractivity contribution is -0.147. The van der Waals surface area contributed by atoms with Crippen LogP contribution in [-0.4, -0.2) is 68.7 Å². The molecule has 0 saturated heterocycles. The molecule has 13 nitrogen and oxygen atoms in total. The smallest absolute Gasteiger partial charge is 0.418 e. The Morgan fingerprint density at radius 2 is 1.67 bits per heavy atom. The summed E-state index contributed by atoms with van der Waals surface area (Å²) in [6.45, 7) is 0. The number of rotatable bonds is 4. The molecule has 238 valence electrons. The largest absolute Gasteiger partial charge is 0.508 e. The second kappa shape index (κ2) is 10.4. The van der Waals surface area contributed by atoms with E-state index in [1.807, 2.05) is 5.32 Å². The zero-order valence-electron chi connectivity index (χ0n) is 23.6. The van der Waals surface area contributed by atoms with Crippen LogP contribution in [0.4, 0.5) is 35.0 Å². The van der Waals surface area contributed by atoms with Gasteiger partial charge >= 0.3 is 12.2 Å². The van der Waals surface area contributed by atoms with E-state index in [9.17, 15) is 57.9 Å². The maximum absolute atomic E-state index is 13.7. The molecule has 0 radical (unpaired) electrons. The van der Waals surface area contributed by atoms with Crippen molar-refractivity contribution in [2.24, 2.45) is 17.6 Å². The van der Waals surface area contributed by atoms with Crippen LogP contribution in [0.25, 0.3) is 5.76 Å². The second-order valence-electron chi connectivity index (χ2n) is 11.3. The highest BCUT2D eigenvalue weighted by Gasteiger charge is 2.60. The number of fused-ring (bicyclic) bond motifs is 3. The number of ketones is 2. The predicted octanol–water partition coefficient (Wildman–Crippen LogP) is 2.86. The minimum Gasteiger partial charge on any atom is -0.508 e. The zero-order chi connectivity index (χ0) is 33.3. The summed E-state index contributed by atoms with van der Waals surface area (Å²) >= 11 is 0. The van der Waals surface area contributed by atoms with E-state index in [0.717, 1.165) is 12.1 Å². The first-order valence-electron chi connectivity index (χ1n) is 13.4. The third-order valence-corrected chi connectivity index (χ3v) is 8.33. The number of hydrogen-bond acceptors (Lipinski definition) is 10. The minimum atomic E-state index is -4.94. The van der Waals surface area contributed by atoms with E-state index in [1.165, 1.54) is 6.07 Å². The Hall–Kier alpha value is -5.25. The molecule has 3 aliphatic carbocycles. The van der Waals surface area contributed by atoms with Crippen molar-refractivity contribution in [2.75, 3.05) is 29.6 Å². The van der Waals surface area contributed by atoms with Crippen molar-refractivity contribution < 1.29 is 57.9 Å². The Morgan fingerprint density at radius 1 is 1.02 bits per heavy atom. The number of urea groups is 1. The number of nitrogens with two attached hydrogens (primary N) is 1. The predicted molar refractivity (Wildman–Crippen MR) is 151 cm³/mol. The average molecular weight is 633 g/mol. The molecule has 0 aromatic heterocycles. The fraction of sp³-hybridized carbons (Fsp3) is 0.310. The van der Waals surface area contributed by atoms with Crippen molar-refractivity contribution in [1.29, 1.82) is 0 Å². The Kier molecular flexibility index (Phi) is 7.23. The number of aliphatic hydroxyl groups excluding tert-OH is 2. The van der Waals surface area contributed by atoms with Crippen molar-refractivity contribution >= 4 is 46.3 Å². The highest BCUT2D eigenvalue weighted by Crippen LogP contribution is 2.54. The highest BCUT2D eigenvalue weighted by molar-refractivity contribution is 6.23. The number of phenols is 2. The summed E-state index contributed by atoms with van der Waals surface area (Å²) in [6, 6.07) is 2.22. The number of alkyl halides is 3. The van der Waals surface area contributed by atoms with Gasteiger partial charge in [-0.1, -0.05) is 0 Å². The Morgan fingerprint density at radius 3 is 2.27 bits per heavy atom. The number of primary amides is 1. The van der Waals surface area contributed by atoms with Crippen molar-refractivity contribution in [3.8, 4) is 11.5 Å². The van der Waals surface area contributed by atoms with Crippen LogP contribution < -0.4 is 21.3 Å². The quantitative estimate of drug-likeness (QED) is 0.140. The van der Waals surface area contributed by atoms with E-state index >= 15 is 0 Å². The molecule has 2 aromatic carbocycles. The number of carbonyl (C=O) groups excluding carboxylic acids is 4. The molecule has 0 heterocycles. The van der Waals surface area contributed by atoms with Gasteiger partial charge in [0.25, 0.3) is 5.91 Å². The molecule has 1 fully saturated rings. The van der Waals surface area contributed by atoms with Crippen LogP contribution >= 0.6 is 0 Å². The lowest BCUT2D eigenvalue weighted by Crippen LogP contribution is -2.58. The molecule has 45 heavy (non-hydrogen) atoms. The fourth-order valence-electron chi connectivity index (χ4n) is 6.32. The van der Waals surface area contributed by atoms with Gasteiger partial charge in [0.1, 0.15) is 22.8 Å². The van der Waals surface area contributed by atoms with Gasteiger partial charge in [0.2, 0.25) is 5.78 Å². The summed E-state index contributed by atoms with van der Waals surface area (Å²) in [7, 11) is 3.19. The van der Waals surface area contributed by atoms with Gasteiger partial charge in [-0.05, 0) is 48.6 Å². The summed E-state index contributed by atoms with van der Waals surface area (Å²) in [5.74, 6) is -8.91. The molecule has 1 saturated carbocycles. The Bertz CT molecular complexity index is 1770. The molecular formula is C29H27F3N4O9. The summed E-state index contributed by atoms with van der Waals surface area (Å²) in [6.07, 6.45) is -5.52. The van der Waals surface area contributed by atoms with Gasteiger partial charge in [-0.3, -0.25) is 14.4 Å². The maximum Gasteiger partial charge on any atom is 0.418 e. The van der Waals surface area contributed by atoms with Crippen molar-refractivity contribution in [3.05, 3.63) is 57.9 Å². The lowest BCUT2D eigenvalue weighted by atomic mass is 9.59. The number of nitrogens with zero attached hydrogens (tertiary/aromatic N) is 1. The number of aliphatic hydroxyl groups is 3. The van der Waals surface area contributed by atoms with Crippen LogP contribution in [-0.2, 0) is 27.0 Å². The normalized spacial score (nSPS) is 22.8. The molecule has 5 rings (SSSR count). The first-order chi connectivity index (χ1) is 20.9. The topological polar surface area (TPSA) is 223 Å². The van der Waals surface area contributed by atoms with Gasteiger partial charge < -0.3 is 46.8 Å². The number of phenolic OH excluding ortho intramolecular Hbond substituents is 2.